The highest BCUT2D eigenvalue weighted by Gasteiger charge is 2.48. The van der Waals surface area contributed by atoms with Crippen LogP contribution in [0.3, 0.4) is 0 Å². The van der Waals surface area contributed by atoms with E-state index in [9.17, 15) is 0 Å². The van der Waals surface area contributed by atoms with Crippen LogP contribution in [0, 0.1) is 0 Å². The summed E-state index contributed by atoms with van der Waals surface area (Å²) in [5, 5.41) is 0. The van der Waals surface area contributed by atoms with Crippen LogP contribution in [0.4, 0.5) is 0 Å². The van der Waals surface area contributed by atoms with Crippen LogP contribution >= 0.6 is 0 Å². The van der Waals surface area contributed by atoms with Crippen molar-refractivity contribution in [3.63, 3.8) is 0 Å². The molecule has 2 aliphatic heterocycles. The zero-order valence-electron chi connectivity index (χ0n) is 11.6. The molecule has 104 valence electrons. The molecular weight excluding hydrogens is 242 g/mol. The Kier molecular flexibility index (Phi) is 3.41. The van der Waals surface area contributed by atoms with Gasteiger partial charge < -0.3 is 9.47 Å². The van der Waals surface area contributed by atoms with Crippen molar-refractivity contribution in [3.8, 4) is 6.01 Å². The molecule has 1 atom stereocenters. The van der Waals surface area contributed by atoms with E-state index in [1.54, 1.807) is 18.5 Å². The number of hydrogen-bond donors (Lipinski definition) is 0. The summed E-state index contributed by atoms with van der Waals surface area (Å²) in [6.45, 7) is 7.24. The molecule has 1 aromatic heterocycles. The zero-order valence-corrected chi connectivity index (χ0v) is 11.6. The van der Waals surface area contributed by atoms with E-state index in [4.69, 9.17) is 9.47 Å². The maximum Gasteiger partial charge on any atom is 0.316 e. The number of aromatic nitrogens is 2. The number of ether oxygens (including phenoxy) is 2. The van der Waals surface area contributed by atoms with Gasteiger partial charge in [0.1, 0.15) is 6.10 Å². The summed E-state index contributed by atoms with van der Waals surface area (Å²) in [6, 6.07) is 2.86. The fourth-order valence-corrected chi connectivity index (χ4v) is 2.86. The van der Waals surface area contributed by atoms with Crippen molar-refractivity contribution in [1.29, 1.82) is 0 Å². The molecule has 2 fully saturated rings. The topological polar surface area (TPSA) is 47.5 Å². The largest absolute Gasteiger partial charge is 0.460 e. The monoisotopic (exact) mass is 263 g/mol. The highest BCUT2D eigenvalue weighted by molar-refractivity contribution is 5.03. The van der Waals surface area contributed by atoms with Crippen molar-refractivity contribution in [2.75, 3.05) is 19.7 Å². The van der Waals surface area contributed by atoms with Crippen molar-refractivity contribution in [2.24, 2.45) is 0 Å². The first-order valence-corrected chi connectivity index (χ1v) is 6.99. The average molecular weight is 263 g/mol. The molecule has 0 N–H and O–H groups in total. The highest BCUT2D eigenvalue weighted by Crippen LogP contribution is 2.36. The second kappa shape index (κ2) is 5.06. The lowest BCUT2D eigenvalue weighted by molar-refractivity contribution is -0.192. The molecule has 0 saturated carbocycles. The van der Waals surface area contributed by atoms with Gasteiger partial charge in [0.2, 0.25) is 0 Å². The molecule has 0 aliphatic carbocycles. The quantitative estimate of drug-likeness (QED) is 0.827. The summed E-state index contributed by atoms with van der Waals surface area (Å²) in [7, 11) is 0. The summed E-state index contributed by atoms with van der Waals surface area (Å²) in [6.07, 6.45) is 5.45. The van der Waals surface area contributed by atoms with E-state index < -0.39 is 0 Å². The number of nitrogens with zero attached hydrogens (tertiary/aromatic N) is 3. The van der Waals surface area contributed by atoms with E-state index >= 15 is 0 Å². The van der Waals surface area contributed by atoms with Crippen LogP contribution in [0.2, 0.25) is 0 Å². The fourth-order valence-electron chi connectivity index (χ4n) is 2.86. The van der Waals surface area contributed by atoms with E-state index in [0.29, 0.717) is 12.1 Å². The van der Waals surface area contributed by atoms with E-state index in [1.165, 1.54) is 0 Å². The van der Waals surface area contributed by atoms with Gasteiger partial charge in [-0.2, -0.15) is 0 Å². The first kappa shape index (κ1) is 12.8. The molecule has 0 amide bonds. The Hall–Kier alpha value is -1.20. The van der Waals surface area contributed by atoms with Crippen molar-refractivity contribution in [2.45, 2.75) is 44.4 Å². The van der Waals surface area contributed by atoms with Gasteiger partial charge in [-0.25, -0.2) is 9.97 Å². The molecule has 3 rings (SSSR count). The molecule has 1 spiro atoms. The lowest BCUT2D eigenvalue weighted by Crippen LogP contribution is -2.67. The predicted molar refractivity (Wildman–Crippen MR) is 71.1 cm³/mol. The maximum absolute atomic E-state index is 5.99. The zero-order chi connectivity index (χ0) is 13.3. The van der Waals surface area contributed by atoms with Crippen molar-refractivity contribution in [3.05, 3.63) is 18.5 Å². The minimum absolute atomic E-state index is 0.00195. The summed E-state index contributed by atoms with van der Waals surface area (Å²) in [5.41, 5.74) is 0.00195. The Balaban J connectivity index is 1.57. The summed E-state index contributed by atoms with van der Waals surface area (Å²) >= 11 is 0. The molecule has 2 aliphatic rings. The molecule has 3 heterocycles. The normalized spacial score (nSPS) is 26.4. The first-order chi connectivity index (χ1) is 9.17. The first-order valence-electron chi connectivity index (χ1n) is 6.99. The molecule has 5 nitrogen and oxygen atoms in total. The lowest BCUT2D eigenvalue weighted by Gasteiger charge is -2.54. The van der Waals surface area contributed by atoms with Crippen LogP contribution in [0.15, 0.2) is 18.5 Å². The molecule has 2 saturated heterocycles. The molecular formula is C14H21N3O2. The minimum Gasteiger partial charge on any atom is -0.460 e. The SMILES string of the molecule is CC(C)N1CC2(CC(Oc3ncccn3)CCO2)C1. The maximum atomic E-state index is 5.99. The van der Waals surface area contributed by atoms with Crippen LogP contribution in [0.1, 0.15) is 26.7 Å². The van der Waals surface area contributed by atoms with Crippen LogP contribution < -0.4 is 4.74 Å². The van der Waals surface area contributed by atoms with Crippen LogP contribution in [0.25, 0.3) is 0 Å². The third kappa shape index (κ3) is 2.72. The Bertz CT molecular complexity index is 418. The number of hydrogen-bond acceptors (Lipinski definition) is 5. The van der Waals surface area contributed by atoms with Crippen molar-refractivity contribution >= 4 is 0 Å². The van der Waals surface area contributed by atoms with Gasteiger partial charge in [0, 0.05) is 44.4 Å². The second-order valence-corrected chi connectivity index (χ2v) is 5.79. The van der Waals surface area contributed by atoms with E-state index in [-0.39, 0.29) is 11.7 Å². The van der Waals surface area contributed by atoms with Crippen LogP contribution in [-0.2, 0) is 4.74 Å². The van der Waals surface area contributed by atoms with Crippen molar-refractivity contribution in [1.82, 2.24) is 14.9 Å². The van der Waals surface area contributed by atoms with Gasteiger partial charge in [-0.05, 0) is 19.9 Å². The fraction of sp³-hybridized carbons (Fsp3) is 0.714. The average Bonchev–Trinajstić information content (AvgIpc) is 2.37. The van der Waals surface area contributed by atoms with Gasteiger partial charge >= 0.3 is 6.01 Å². The summed E-state index contributed by atoms with van der Waals surface area (Å²) in [4.78, 5) is 10.7. The standard InChI is InChI=1S/C14H21N3O2/c1-11(2)17-9-14(10-17)8-12(4-7-18-14)19-13-15-5-3-6-16-13/h3,5-6,11-12H,4,7-10H2,1-2H3. The Morgan fingerprint density at radius 3 is 2.79 bits per heavy atom. The predicted octanol–water partition coefficient (Wildman–Crippen LogP) is 1.50. The number of rotatable bonds is 3. The molecule has 0 aromatic carbocycles. The van der Waals surface area contributed by atoms with E-state index in [0.717, 1.165) is 32.5 Å². The van der Waals surface area contributed by atoms with E-state index in [1.807, 2.05) is 0 Å². The molecule has 0 bridgehead atoms. The molecule has 1 aromatic rings. The van der Waals surface area contributed by atoms with Gasteiger partial charge in [-0.3, -0.25) is 4.90 Å². The van der Waals surface area contributed by atoms with Gasteiger partial charge in [-0.15, -0.1) is 0 Å². The van der Waals surface area contributed by atoms with Crippen LogP contribution in [-0.4, -0.2) is 52.3 Å². The van der Waals surface area contributed by atoms with Gasteiger partial charge in [0.15, 0.2) is 0 Å². The summed E-state index contributed by atoms with van der Waals surface area (Å²) in [5.74, 6) is 0. The second-order valence-electron chi connectivity index (χ2n) is 5.79. The highest BCUT2D eigenvalue weighted by atomic mass is 16.5. The van der Waals surface area contributed by atoms with Crippen molar-refractivity contribution < 1.29 is 9.47 Å². The molecule has 0 radical (unpaired) electrons. The van der Waals surface area contributed by atoms with Gasteiger partial charge in [0.05, 0.1) is 12.2 Å². The number of likely N-dealkylation sites (tertiary alicyclic amines) is 1. The Morgan fingerprint density at radius 1 is 1.37 bits per heavy atom. The molecule has 1 unspecified atom stereocenters. The minimum atomic E-state index is 0.00195. The lowest BCUT2D eigenvalue weighted by atomic mass is 9.84. The Morgan fingerprint density at radius 2 is 2.11 bits per heavy atom. The van der Waals surface area contributed by atoms with Gasteiger partial charge in [-0.1, -0.05) is 0 Å². The smallest absolute Gasteiger partial charge is 0.316 e. The third-order valence-corrected chi connectivity index (χ3v) is 3.97. The Labute approximate surface area is 113 Å². The molecule has 5 heteroatoms. The van der Waals surface area contributed by atoms with Crippen LogP contribution in [0.5, 0.6) is 6.01 Å². The van der Waals surface area contributed by atoms with Gasteiger partial charge in [0.25, 0.3) is 0 Å². The van der Waals surface area contributed by atoms with E-state index in [2.05, 4.69) is 28.7 Å². The third-order valence-electron chi connectivity index (χ3n) is 3.97. The molecule has 19 heavy (non-hydrogen) atoms. The summed E-state index contributed by atoms with van der Waals surface area (Å²) < 4.78 is 11.8.